The number of carbonyl (C=O) groups excluding carboxylic acids is 2. The molecule has 5 atom stereocenters. The zero-order valence-corrected chi connectivity index (χ0v) is 34.0. The number of phenolic OH excluding ortho intramolecular Hbond substituents is 1. The van der Waals surface area contributed by atoms with Crippen molar-refractivity contribution in [2.75, 3.05) is 31.1 Å². The lowest BCUT2D eigenvalue weighted by Crippen LogP contribution is -2.56. The second-order valence-corrected chi connectivity index (χ2v) is 17.2. The topological polar surface area (TPSA) is 121 Å². The van der Waals surface area contributed by atoms with E-state index in [4.69, 9.17) is 14.5 Å². The second kappa shape index (κ2) is 15.5. The van der Waals surface area contributed by atoms with E-state index in [0.29, 0.717) is 31.7 Å². The Morgan fingerprint density at radius 1 is 1.00 bits per heavy atom. The Bertz CT molecular complexity index is 2260. The summed E-state index contributed by atoms with van der Waals surface area (Å²) in [5.74, 6) is -2.08. The molecular weight excluding hydrogens is 769 g/mol. The van der Waals surface area contributed by atoms with Crippen LogP contribution in [0.1, 0.15) is 94.0 Å². The molecule has 59 heavy (non-hydrogen) atoms. The Kier molecular flexibility index (Phi) is 10.7. The summed E-state index contributed by atoms with van der Waals surface area (Å²) in [5, 5.41) is 10.5. The summed E-state index contributed by atoms with van der Waals surface area (Å²) in [6.45, 7) is 10.3. The van der Waals surface area contributed by atoms with Crippen LogP contribution in [-0.4, -0.2) is 91.7 Å². The number of aromatic nitrogens is 3. The maximum Gasteiger partial charge on any atom is 0.417 e. The predicted octanol–water partition coefficient (Wildman–Crippen LogP) is 8.08. The number of aryl methyl sites for hydroxylation is 2. The molecule has 314 valence electrons. The van der Waals surface area contributed by atoms with Gasteiger partial charge in [-0.05, 0) is 89.1 Å². The molecule has 5 unspecified atom stereocenters. The van der Waals surface area contributed by atoms with Crippen molar-refractivity contribution in [3.8, 4) is 23.0 Å². The molecule has 1 N–H and O–H groups in total. The number of benzene rings is 2. The lowest BCUT2D eigenvalue weighted by Gasteiger charge is -2.42. The van der Waals surface area contributed by atoms with Crippen LogP contribution >= 0.6 is 0 Å². The minimum absolute atomic E-state index is 0.0375. The molecule has 2 aromatic heterocycles. The molecule has 4 aliphatic heterocycles. The third-order valence-corrected chi connectivity index (χ3v) is 12.7. The third-order valence-electron chi connectivity index (χ3n) is 12.7. The number of rotatable bonds is 10. The van der Waals surface area contributed by atoms with Crippen LogP contribution in [0.4, 0.5) is 23.4 Å². The summed E-state index contributed by atoms with van der Waals surface area (Å²) in [5.41, 5.74) is -0.748. The van der Waals surface area contributed by atoms with Gasteiger partial charge in [0.25, 0.3) is 0 Å². The Hall–Kier alpha value is -5.05. The molecule has 2 bridgehead atoms. The summed E-state index contributed by atoms with van der Waals surface area (Å²) >= 11 is 0. The molecule has 4 fully saturated rings. The average molecular weight is 819 g/mol. The molecular formula is C44H50F4N6O5. The molecule has 0 spiro atoms. The smallest absolute Gasteiger partial charge is 0.417 e. The number of halogens is 4. The summed E-state index contributed by atoms with van der Waals surface area (Å²) in [6, 6.07) is 10.1. The zero-order chi connectivity index (χ0) is 42.0. The van der Waals surface area contributed by atoms with E-state index in [1.54, 1.807) is 20.8 Å². The summed E-state index contributed by atoms with van der Waals surface area (Å²) in [7, 11) is 0. The number of carbonyl (C=O) groups is 2. The van der Waals surface area contributed by atoms with E-state index in [0.717, 1.165) is 44.4 Å². The lowest BCUT2D eigenvalue weighted by molar-refractivity contribution is -0.154. The number of esters is 1. The molecule has 4 aromatic rings. The van der Waals surface area contributed by atoms with Gasteiger partial charge in [0.05, 0.1) is 28.8 Å². The van der Waals surface area contributed by atoms with Crippen molar-refractivity contribution >= 4 is 28.6 Å². The number of piperazine rings is 1. The van der Waals surface area contributed by atoms with Gasteiger partial charge in [-0.1, -0.05) is 43.7 Å². The van der Waals surface area contributed by atoms with Crippen molar-refractivity contribution in [1.82, 2.24) is 24.8 Å². The van der Waals surface area contributed by atoms with Gasteiger partial charge >= 0.3 is 18.2 Å². The van der Waals surface area contributed by atoms with Crippen molar-refractivity contribution in [3.63, 3.8) is 0 Å². The number of aromatic hydroxyl groups is 1. The Labute approximate surface area is 340 Å². The molecule has 1 amide bonds. The highest BCUT2D eigenvalue weighted by Gasteiger charge is 2.50. The maximum atomic E-state index is 17.0. The number of pyridine rings is 1. The van der Waals surface area contributed by atoms with Gasteiger partial charge in [0.1, 0.15) is 35.5 Å². The van der Waals surface area contributed by atoms with Crippen LogP contribution < -0.4 is 9.64 Å². The Morgan fingerprint density at radius 3 is 2.39 bits per heavy atom. The molecule has 15 heteroatoms. The molecule has 4 saturated heterocycles. The number of nitrogens with zero attached hydrogens (tertiary/aromatic N) is 6. The fourth-order valence-corrected chi connectivity index (χ4v) is 9.89. The minimum Gasteiger partial charge on any atom is -0.508 e. The first-order valence-electron chi connectivity index (χ1n) is 20.5. The highest BCUT2D eigenvalue weighted by atomic mass is 19.4. The van der Waals surface area contributed by atoms with Crippen LogP contribution in [0, 0.1) is 25.6 Å². The largest absolute Gasteiger partial charge is 0.508 e. The van der Waals surface area contributed by atoms with E-state index in [9.17, 15) is 27.9 Å². The highest BCUT2D eigenvalue weighted by Crippen LogP contribution is 2.49. The number of phenols is 1. The summed E-state index contributed by atoms with van der Waals surface area (Å²) in [6.07, 6.45) is 0.970. The van der Waals surface area contributed by atoms with Crippen LogP contribution in [0.2, 0.25) is 0 Å². The first-order valence-corrected chi connectivity index (χ1v) is 20.5. The number of fused-ring (bicyclic) bond motifs is 4. The van der Waals surface area contributed by atoms with E-state index in [1.807, 2.05) is 9.80 Å². The molecule has 0 radical (unpaired) electrons. The van der Waals surface area contributed by atoms with Crippen molar-refractivity contribution in [2.24, 2.45) is 5.92 Å². The van der Waals surface area contributed by atoms with Crippen LogP contribution in [0.25, 0.3) is 22.2 Å². The van der Waals surface area contributed by atoms with Gasteiger partial charge in [0.2, 0.25) is 5.91 Å². The van der Waals surface area contributed by atoms with Crippen molar-refractivity contribution in [2.45, 2.75) is 116 Å². The zero-order valence-electron chi connectivity index (χ0n) is 34.0. The van der Waals surface area contributed by atoms with Gasteiger partial charge in [0.15, 0.2) is 5.82 Å². The molecule has 4 aliphatic rings. The monoisotopic (exact) mass is 818 g/mol. The third kappa shape index (κ3) is 7.66. The van der Waals surface area contributed by atoms with Crippen LogP contribution in [-0.2, 0) is 20.5 Å². The summed E-state index contributed by atoms with van der Waals surface area (Å²) in [4.78, 5) is 45.7. The Morgan fingerprint density at radius 2 is 1.71 bits per heavy atom. The van der Waals surface area contributed by atoms with Gasteiger partial charge in [0, 0.05) is 43.0 Å². The normalized spacial score (nSPS) is 23.6. The van der Waals surface area contributed by atoms with Crippen molar-refractivity contribution in [1.29, 1.82) is 0 Å². The quantitative estimate of drug-likeness (QED) is 0.124. The van der Waals surface area contributed by atoms with Crippen LogP contribution in [0.3, 0.4) is 0 Å². The number of amides is 1. The molecule has 2 aromatic carbocycles. The second-order valence-electron chi connectivity index (χ2n) is 17.2. The predicted molar refractivity (Wildman–Crippen MR) is 212 cm³/mol. The van der Waals surface area contributed by atoms with E-state index >= 15 is 4.39 Å². The van der Waals surface area contributed by atoms with Gasteiger partial charge in [-0.2, -0.15) is 23.1 Å². The van der Waals surface area contributed by atoms with E-state index < -0.39 is 40.7 Å². The van der Waals surface area contributed by atoms with Gasteiger partial charge in [-0.15, -0.1) is 0 Å². The number of hydrogen-bond acceptors (Lipinski definition) is 10. The Balaban J connectivity index is 1.14. The maximum absolute atomic E-state index is 17.0. The van der Waals surface area contributed by atoms with Crippen LogP contribution in [0.5, 0.6) is 11.8 Å². The van der Waals surface area contributed by atoms with Gasteiger partial charge in [-0.3, -0.25) is 19.5 Å². The van der Waals surface area contributed by atoms with Crippen molar-refractivity contribution in [3.05, 3.63) is 70.7 Å². The van der Waals surface area contributed by atoms with E-state index in [2.05, 4.69) is 46.1 Å². The van der Waals surface area contributed by atoms with Gasteiger partial charge < -0.3 is 24.4 Å². The number of ether oxygens (including phenoxy) is 2. The standard InChI is InChI=1S/C44H50F4N6O5/c1-24(2)41(57)59-27(5)18-35(56)54-29-11-12-30(54)22-52(21-29)40-33-20-49-38(32-19-31(55)17-26(4)36(32)44(46,47)48)37(45)39(33)50-42(51-40)58-23-43-14-6-16-53(43)34(13-15-43)28-9-7-25(3)8-10-28/h7-10,17,19-20,24,27,29-30,34,55H,6,11-16,18,21-23H2,1-5H3. The number of hydrogen-bond donors (Lipinski definition) is 1. The van der Waals surface area contributed by atoms with Crippen LogP contribution in [0.15, 0.2) is 42.6 Å². The number of anilines is 1. The fraction of sp³-hybridized carbons (Fsp3) is 0.523. The fourth-order valence-electron chi connectivity index (χ4n) is 9.89. The van der Waals surface area contributed by atoms with E-state index in [1.165, 1.54) is 24.2 Å². The first kappa shape index (κ1) is 40.7. The minimum atomic E-state index is -4.87. The number of alkyl halides is 3. The SMILES string of the molecule is Cc1ccc(C2CCC3(COc4nc(N5CC6CCC(C5)N6C(=O)CC(C)OC(=O)C(C)C)c5cnc(-c6cc(O)cc(C)c6C(F)(F)F)c(F)c5n4)CCCN23)cc1. The summed E-state index contributed by atoms with van der Waals surface area (Å²) < 4.78 is 72.2. The molecule has 11 nitrogen and oxygen atoms in total. The molecule has 0 saturated carbocycles. The van der Waals surface area contributed by atoms with Gasteiger partial charge in [-0.25, -0.2) is 4.39 Å². The molecule has 6 heterocycles. The lowest BCUT2D eigenvalue weighted by atomic mass is 9.95. The average Bonchev–Trinajstić information content (AvgIpc) is 3.82. The first-order chi connectivity index (χ1) is 28.0. The van der Waals surface area contributed by atoms with E-state index in [-0.39, 0.29) is 77.0 Å². The van der Waals surface area contributed by atoms with Crippen molar-refractivity contribution < 1.29 is 41.7 Å². The highest BCUT2D eigenvalue weighted by molar-refractivity contribution is 5.92. The molecule has 0 aliphatic carbocycles. The molecule has 8 rings (SSSR count).